The Morgan fingerprint density at radius 2 is 1.68 bits per heavy atom. The number of rotatable bonds is 3. The van der Waals surface area contributed by atoms with Crippen molar-refractivity contribution in [1.82, 2.24) is 25.3 Å². The summed E-state index contributed by atoms with van der Waals surface area (Å²) in [5, 5.41) is 2.82. The van der Waals surface area contributed by atoms with Crippen LogP contribution in [-0.2, 0) is 6.54 Å². The third-order valence-electron chi connectivity index (χ3n) is 3.17. The van der Waals surface area contributed by atoms with Crippen LogP contribution in [0.15, 0.2) is 36.7 Å². The average molecular weight is 293 g/mol. The van der Waals surface area contributed by atoms with Crippen molar-refractivity contribution < 1.29 is 4.79 Å². The van der Waals surface area contributed by atoms with E-state index in [0.29, 0.717) is 23.4 Å². The fourth-order valence-corrected chi connectivity index (χ4v) is 2.24. The molecule has 22 heavy (non-hydrogen) atoms. The minimum Gasteiger partial charge on any atom is -0.345 e. The van der Waals surface area contributed by atoms with Crippen LogP contribution < -0.4 is 5.32 Å². The monoisotopic (exact) mass is 293 g/mol. The fourth-order valence-electron chi connectivity index (χ4n) is 2.24. The molecule has 0 radical (unpaired) electrons. The number of benzene rings is 1. The number of aromatic nitrogens is 4. The van der Waals surface area contributed by atoms with Crippen molar-refractivity contribution in [2.45, 2.75) is 20.4 Å². The summed E-state index contributed by atoms with van der Waals surface area (Å²) in [5.41, 5.74) is 3.77. The molecule has 1 N–H and O–H groups in total. The SMILES string of the molecule is Cc1cc(C)nc(CNC(=O)c2ccc3nccnc3c2)n1. The number of aryl methyl sites for hydroxylation is 2. The minimum atomic E-state index is -0.185. The van der Waals surface area contributed by atoms with Gasteiger partial charge in [-0.05, 0) is 38.1 Å². The number of hydrogen-bond donors (Lipinski definition) is 1. The molecule has 3 rings (SSSR count). The topological polar surface area (TPSA) is 80.7 Å². The van der Waals surface area contributed by atoms with Gasteiger partial charge in [-0.2, -0.15) is 0 Å². The highest BCUT2D eigenvalue weighted by molar-refractivity contribution is 5.97. The predicted molar refractivity (Wildman–Crippen MR) is 82.2 cm³/mol. The maximum absolute atomic E-state index is 12.2. The van der Waals surface area contributed by atoms with Gasteiger partial charge in [0.05, 0.1) is 17.6 Å². The van der Waals surface area contributed by atoms with Crippen molar-refractivity contribution in [3.63, 3.8) is 0 Å². The molecule has 0 unspecified atom stereocenters. The second-order valence-electron chi connectivity index (χ2n) is 5.01. The summed E-state index contributed by atoms with van der Waals surface area (Å²) in [6, 6.07) is 7.13. The summed E-state index contributed by atoms with van der Waals surface area (Å²) in [5.74, 6) is 0.418. The van der Waals surface area contributed by atoms with Gasteiger partial charge in [-0.3, -0.25) is 14.8 Å². The standard InChI is InChI=1S/C16H15N5O/c1-10-7-11(2)21-15(20-10)9-19-16(22)12-3-4-13-14(8-12)18-6-5-17-13/h3-8H,9H2,1-2H3,(H,19,22). The van der Waals surface area contributed by atoms with Crippen LogP contribution >= 0.6 is 0 Å². The molecule has 0 bridgehead atoms. The lowest BCUT2D eigenvalue weighted by atomic mass is 10.2. The highest BCUT2D eigenvalue weighted by Gasteiger charge is 2.08. The fraction of sp³-hybridized carbons (Fsp3) is 0.188. The van der Waals surface area contributed by atoms with E-state index < -0.39 is 0 Å². The molecular formula is C16H15N5O. The Balaban J connectivity index is 1.75. The zero-order chi connectivity index (χ0) is 15.5. The lowest BCUT2D eigenvalue weighted by Gasteiger charge is -2.06. The zero-order valence-corrected chi connectivity index (χ0v) is 12.4. The van der Waals surface area contributed by atoms with Gasteiger partial charge in [-0.1, -0.05) is 0 Å². The molecule has 6 heteroatoms. The van der Waals surface area contributed by atoms with Crippen molar-refractivity contribution in [1.29, 1.82) is 0 Å². The molecule has 0 atom stereocenters. The van der Waals surface area contributed by atoms with Gasteiger partial charge in [-0.25, -0.2) is 9.97 Å². The Morgan fingerprint density at radius 3 is 2.41 bits per heavy atom. The molecule has 3 aromatic rings. The van der Waals surface area contributed by atoms with Crippen LogP contribution in [0.1, 0.15) is 27.6 Å². The van der Waals surface area contributed by atoms with Crippen molar-refractivity contribution in [2.24, 2.45) is 0 Å². The van der Waals surface area contributed by atoms with Crippen LogP contribution in [-0.4, -0.2) is 25.8 Å². The van der Waals surface area contributed by atoms with Crippen molar-refractivity contribution in [3.8, 4) is 0 Å². The quantitative estimate of drug-likeness (QED) is 0.798. The first kappa shape index (κ1) is 14.1. The third kappa shape index (κ3) is 3.06. The van der Waals surface area contributed by atoms with Gasteiger partial charge in [0.15, 0.2) is 0 Å². The number of fused-ring (bicyclic) bond motifs is 1. The van der Waals surface area contributed by atoms with Gasteiger partial charge in [0.25, 0.3) is 5.91 Å². The van der Waals surface area contributed by atoms with E-state index in [1.807, 2.05) is 19.9 Å². The van der Waals surface area contributed by atoms with Gasteiger partial charge in [0.1, 0.15) is 5.82 Å². The number of carbonyl (C=O) groups is 1. The number of amides is 1. The van der Waals surface area contributed by atoms with E-state index in [1.54, 1.807) is 30.6 Å². The predicted octanol–water partition coefficient (Wildman–Crippen LogP) is 1.97. The molecule has 0 spiro atoms. The summed E-state index contributed by atoms with van der Waals surface area (Å²) in [4.78, 5) is 29.2. The zero-order valence-electron chi connectivity index (χ0n) is 12.4. The summed E-state index contributed by atoms with van der Waals surface area (Å²) in [6.07, 6.45) is 3.23. The van der Waals surface area contributed by atoms with E-state index in [2.05, 4.69) is 25.3 Å². The first-order chi connectivity index (χ1) is 10.6. The Labute approximate surface area is 127 Å². The molecule has 0 aliphatic heterocycles. The van der Waals surface area contributed by atoms with E-state index >= 15 is 0 Å². The number of carbonyl (C=O) groups excluding carboxylic acids is 1. The molecular weight excluding hydrogens is 278 g/mol. The van der Waals surface area contributed by atoms with Crippen LogP contribution in [0, 0.1) is 13.8 Å². The number of hydrogen-bond acceptors (Lipinski definition) is 5. The molecule has 0 saturated heterocycles. The Bertz CT molecular complexity index is 827. The molecule has 1 amide bonds. The third-order valence-corrected chi connectivity index (χ3v) is 3.17. The summed E-state index contributed by atoms with van der Waals surface area (Å²) >= 11 is 0. The minimum absolute atomic E-state index is 0.185. The van der Waals surface area contributed by atoms with Crippen LogP contribution in [0.2, 0.25) is 0 Å². The second-order valence-corrected chi connectivity index (χ2v) is 5.01. The molecule has 6 nitrogen and oxygen atoms in total. The molecule has 0 aliphatic rings. The smallest absolute Gasteiger partial charge is 0.251 e. The van der Waals surface area contributed by atoms with Crippen LogP contribution in [0.25, 0.3) is 11.0 Å². The highest BCUT2D eigenvalue weighted by Crippen LogP contribution is 2.11. The maximum atomic E-state index is 12.2. The molecule has 0 saturated carbocycles. The van der Waals surface area contributed by atoms with Gasteiger partial charge in [-0.15, -0.1) is 0 Å². The summed E-state index contributed by atoms with van der Waals surface area (Å²) in [7, 11) is 0. The molecule has 0 fully saturated rings. The lowest BCUT2D eigenvalue weighted by Crippen LogP contribution is -2.24. The van der Waals surface area contributed by atoms with Crippen molar-refractivity contribution >= 4 is 16.9 Å². The van der Waals surface area contributed by atoms with Gasteiger partial charge in [0, 0.05) is 29.3 Å². The van der Waals surface area contributed by atoms with E-state index in [-0.39, 0.29) is 5.91 Å². The average Bonchev–Trinajstić information content (AvgIpc) is 2.51. The van der Waals surface area contributed by atoms with Crippen molar-refractivity contribution in [2.75, 3.05) is 0 Å². The Morgan fingerprint density at radius 1 is 1.00 bits per heavy atom. The normalized spacial score (nSPS) is 10.6. The van der Waals surface area contributed by atoms with Crippen LogP contribution in [0.5, 0.6) is 0 Å². The van der Waals surface area contributed by atoms with E-state index in [9.17, 15) is 4.79 Å². The summed E-state index contributed by atoms with van der Waals surface area (Å²) in [6.45, 7) is 4.10. The number of nitrogens with zero attached hydrogens (tertiary/aromatic N) is 4. The Hall–Kier alpha value is -2.89. The largest absolute Gasteiger partial charge is 0.345 e. The molecule has 1 aromatic carbocycles. The Kier molecular flexibility index (Phi) is 3.74. The first-order valence-electron chi connectivity index (χ1n) is 6.92. The molecule has 110 valence electrons. The molecule has 0 aliphatic carbocycles. The molecule has 2 aromatic heterocycles. The van der Waals surface area contributed by atoms with Gasteiger partial charge < -0.3 is 5.32 Å². The molecule has 2 heterocycles. The van der Waals surface area contributed by atoms with Crippen LogP contribution in [0.4, 0.5) is 0 Å². The van der Waals surface area contributed by atoms with Gasteiger partial charge >= 0.3 is 0 Å². The second kappa shape index (κ2) is 5.85. The lowest BCUT2D eigenvalue weighted by molar-refractivity contribution is 0.0950. The van der Waals surface area contributed by atoms with E-state index in [0.717, 1.165) is 16.9 Å². The van der Waals surface area contributed by atoms with Crippen molar-refractivity contribution in [3.05, 3.63) is 59.4 Å². The van der Waals surface area contributed by atoms with Crippen LogP contribution in [0.3, 0.4) is 0 Å². The van der Waals surface area contributed by atoms with E-state index in [1.165, 1.54) is 0 Å². The maximum Gasteiger partial charge on any atom is 0.251 e. The highest BCUT2D eigenvalue weighted by atomic mass is 16.1. The number of nitrogens with one attached hydrogen (secondary N) is 1. The van der Waals surface area contributed by atoms with E-state index in [4.69, 9.17) is 0 Å². The van der Waals surface area contributed by atoms with Gasteiger partial charge in [0.2, 0.25) is 0 Å². The summed E-state index contributed by atoms with van der Waals surface area (Å²) < 4.78 is 0. The first-order valence-corrected chi connectivity index (χ1v) is 6.92.